The molecule has 166 valence electrons. The lowest BCUT2D eigenvalue weighted by Gasteiger charge is -2.44. The molecule has 0 heterocycles. The molecule has 0 saturated heterocycles. The summed E-state index contributed by atoms with van der Waals surface area (Å²) in [5, 5.41) is 11.1. The van der Waals surface area contributed by atoms with E-state index in [0.717, 1.165) is 5.69 Å². The molecule has 0 bridgehead atoms. The molecule has 7 heteroatoms. The number of carbonyl (C=O) groups excluding carboxylic acids is 3. The molecule has 1 saturated carbocycles. The molecule has 1 fully saturated rings. The summed E-state index contributed by atoms with van der Waals surface area (Å²) in [6.07, 6.45) is -1.14. The first-order valence-electron chi connectivity index (χ1n) is 10.3. The lowest BCUT2D eigenvalue weighted by Crippen LogP contribution is -2.55. The van der Waals surface area contributed by atoms with Crippen LogP contribution in [-0.4, -0.2) is 54.7 Å². The first-order valence-corrected chi connectivity index (χ1v) is 10.3. The van der Waals surface area contributed by atoms with E-state index in [4.69, 9.17) is 9.47 Å². The SMILES string of the molecule is CC(C)OC(=O)[C@@H]1C(=O)C[C@](C)(O)[C@@H](C(=O)OC(C)C)[C@@H]1c1ccc(N(C)C)cc1. The molecule has 1 N–H and O–H groups in total. The van der Waals surface area contributed by atoms with Crippen molar-refractivity contribution >= 4 is 23.4 Å². The first kappa shape index (κ1) is 23.9. The fraction of sp³-hybridized carbons (Fsp3) is 0.609. The molecule has 4 atom stereocenters. The molecular formula is C23H33NO6. The maximum atomic E-state index is 13.0. The molecule has 7 nitrogen and oxygen atoms in total. The van der Waals surface area contributed by atoms with Crippen molar-refractivity contribution < 1.29 is 29.0 Å². The van der Waals surface area contributed by atoms with Crippen LogP contribution in [0.15, 0.2) is 24.3 Å². The Bertz CT molecular complexity index is 773. The third-order valence-electron chi connectivity index (χ3n) is 5.27. The predicted molar refractivity (Wildman–Crippen MR) is 113 cm³/mol. The monoisotopic (exact) mass is 419 g/mol. The minimum atomic E-state index is -1.65. The fourth-order valence-corrected chi connectivity index (χ4v) is 4.02. The van der Waals surface area contributed by atoms with Crippen molar-refractivity contribution in [3.63, 3.8) is 0 Å². The Morgan fingerprint density at radius 2 is 1.53 bits per heavy atom. The van der Waals surface area contributed by atoms with Gasteiger partial charge in [0.25, 0.3) is 0 Å². The molecule has 30 heavy (non-hydrogen) atoms. The van der Waals surface area contributed by atoms with Crippen molar-refractivity contribution in [2.75, 3.05) is 19.0 Å². The van der Waals surface area contributed by atoms with Gasteiger partial charge >= 0.3 is 11.9 Å². The third kappa shape index (κ3) is 5.19. The lowest BCUT2D eigenvalue weighted by molar-refractivity contribution is -0.176. The topological polar surface area (TPSA) is 93.1 Å². The number of esters is 2. The highest BCUT2D eigenvalue weighted by atomic mass is 16.5. The molecule has 0 aliphatic heterocycles. The van der Waals surface area contributed by atoms with E-state index in [-0.39, 0.29) is 6.42 Å². The summed E-state index contributed by atoms with van der Waals surface area (Å²) in [5.41, 5.74) is -0.122. The van der Waals surface area contributed by atoms with Gasteiger partial charge in [-0.05, 0) is 52.3 Å². The zero-order chi connectivity index (χ0) is 22.8. The zero-order valence-electron chi connectivity index (χ0n) is 18.8. The van der Waals surface area contributed by atoms with Gasteiger partial charge in [0.15, 0.2) is 5.78 Å². The second kappa shape index (κ2) is 9.16. The normalized spacial score (nSPS) is 26.6. The quantitative estimate of drug-likeness (QED) is 0.560. The Balaban J connectivity index is 2.61. The number of carbonyl (C=O) groups is 3. The van der Waals surface area contributed by atoms with Crippen LogP contribution in [0.4, 0.5) is 5.69 Å². The van der Waals surface area contributed by atoms with Crippen LogP contribution in [0.5, 0.6) is 0 Å². The van der Waals surface area contributed by atoms with Gasteiger partial charge in [0, 0.05) is 32.1 Å². The summed E-state index contributed by atoms with van der Waals surface area (Å²) in [4.78, 5) is 40.8. The average molecular weight is 420 g/mol. The van der Waals surface area contributed by atoms with E-state index in [1.54, 1.807) is 39.8 Å². The van der Waals surface area contributed by atoms with Gasteiger partial charge < -0.3 is 19.5 Å². The second-order valence-electron chi connectivity index (χ2n) is 8.94. The summed E-state index contributed by atoms with van der Waals surface area (Å²) < 4.78 is 10.8. The molecule has 1 aromatic carbocycles. The molecule has 0 spiro atoms. The van der Waals surface area contributed by atoms with Gasteiger partial charge in [-0.15, -0.1) is 0 Å². The summed E-state index contributed by atoms with van der Waals surface area (Å²) in [7, 11) is 3.80. The molecule has 0 aromatic heterocycles. The maximum Gasteiger partial charge on any atom is 0.317 e. The summed E-state index contributed by atoms with van der Waals surface area (Å²) in [6.45, 7) is 8.28. The van der Waals surface area contributed by atoms with Crippen LogP contribution in [0.2, 0.25) is 0 Å². The number of aliphatic hydroxyl groups is 1. The van der Waals surface area contributed by atoms with Crippen LogP contribution in [0.25, 0.3) is 0 Å². The van der Waals surface area contributed by atoms with Crippen molar-refractivity contribution in [3.8, 4) is 0 Å². The van der Waals surface area contributed by atoms with Crippen LogP contribution in [0.3, 0.4) is 0 Å². The maximum absolute atomic E-state index is 13.0. The molecule has 2 rings (SSSR count). The Morgan fingerprint density at radius 3 is 2.00 bits per heavy atom. The summed E-state index contributed by atoms with van der Waals surface area (Å²) in [6, 6.07) is 7.25. The number of ether oxygens (including phenoxy) is 2. The van der Waals surface area contributed by atoms with Crippen LogP contribution in [0, 0.1) is 11.8 Å². The standard InChI is InChI=1S/C23H33NO6/c1-13(2)29-21(26)19-17(25)12-23(5,28)20(22(27)30-14(3)4)18(19)15-8-10-16(11-9-15)24(6)7/h8-11,13-14,18-20,28H,12H2,1-7H3/t18-,19-,20-,23+/m1/s1. The number of benzene rings is 1. The predicted octanol–water partition coefficient (Wildman–Crippen LogP) is 2.70. The van der Waals surface area contributed by atoms with E-state index in [2.05, 4.69) is 0 Å². The number of anilines is 1. The summed E-state index contributed by atoms with van der Waals surface area (Å²) in [5.74, 6) is -4.94. The Labute approximate surface area is 178 Å². The van der Waals surface area contributed by atoms with E-state index >= 15 is 0 Å². The fourth-order valence-electron chi connectivity index (χ4n) is 4.02. The molecule has 0 amide bonds. The third-order valence-corrected chi connectivity index (χ3v) is 5.27. The van der Waals surface area contributed by atoms with E-state index in [0.29, 0.717) is 5.56 Å². The van der Waals surface area contributed by atoms with Gasteiger partial charge in [-0.3, -0.25) is 14.4 Å². The van der Waals surface area contributed by atoms with Crippen LogP contribution < -0.4 is 4.90 Å². The number of hydrogen-bond donors (Lipinski definition) is 1. The zero-order valence-corrected chi connectivity index (χ0v) is 18.8. The second-order valence-corrected chi connectivity index (χ2v) is 8.94. The molecule has 1 aromatic rings. The van der Waals surface area contributed by atoms with Crippen molar-refractivity contribution in [1.29, 1.82) is 0 Å². The highest BCUT2D eigenvalue weighted by molar-refractivity contribution is 6.02. The van der Waals surface area contributed by atoms with Gasteiger partial charge in [0.2, 0.25) is 0 Å². The highest BCUT2D eigenvalue weighted by Crippen LogP contribution is 2.47. The smallest absolute Gasteiger partial charge is 0.317 e. The minimum Gasteiger partial charge on any atom is -0.463 e. The minimum absolute atomic E-state index is 0.324. The van der Waals surface area contributed by atoms with E-state index < -0.39 is 53.3 Å². The number of ketones is 1. The molecule has 1 aliphatic rings. The van der Waals surface area contributed by atoms with Gasteiger partial charge in [0.05, 0.1) is 23.7 Å². The van der Waals surface area contributed by atoms with Gasteiger partial charge in [-0.2, -0.15) is 0 Å². The largest absolute Gasteiger partial charge is 0.463 e. The Morgan fingerprint density at radius 1 is 1.03 bits per heavy atom. The molecule has 0 unspecified atom stereocenters. The van der Waals surface area contributed by atoms with Crippen molar-refractivity contribution in [3.05, 3.63) is 29.8 Å². The van der Waals surface area contributed by atoms with Gasteiger partial charge in [0.1, 0.15) is 5.92 Å². The molecular weight excluding hydrogens is 386 g/mol. The number of rotatable bonds is 6. The molecule has 1 aliphatic carbocycles. The van der Waals surface area contributed by atoms with E-state index in [1.807, 2.05) is 31.1 Å². The number of nitrogens with zero attached hydrogens (tertiary/aromatic N) is 1. The van der Waals surface area contributed by atoms with E-state index in [1.165, 1.54) is 6.92 Å². The Hall–Kier alpha value is -2.41. The highest BCUT2D eigenvalue weighted by Gasteiger charge is 2.57. The van der Waals surface area contributed by atoms with Crippen LogP contribution in [-0.2, 0) is 23.9 Å². The van der Waals surface area contributed by atoms with E-state index in [9.17, 15) is 19.5 Å². The first-order chi connectivity index (χ1) is 13.8. The summed E-state index contributed by atoms with van der Waals surface area (Å²) >= 11 is 0. The van der Waals surface area contributed by atoms with Crippen LogP contribution in [0.1, 0.15) is 52.5 Å². The van der Waals surface area contributed by atoms with Gasteiger partial charge in [-0.25, -0.2) is 0 Å². The molecule has 0 radical (unpaired) electrons. The van der Waals surface area contributed by atoms with Gasteiger partial charge in [-0.1, -0.05) is 12.1 Å². The van der Waals surface area contributed by atoms with Crippen molar-refractivity contribution in [2.45, 2.75) is 64.8 Å². The number of hydrogen-bond acceptors (Lipinski definition) is 7. The lowest BCUT2D eigenvalue weighted by atomic mass is 9.61. The Kier molecular flexibility index (Phi) is 7.29. The average Bonchev–Trinajstić information content (AvgIpc) is 2.58. The number of Topliss-reactive ketones (excluding diaryl/α,β-unsaturated/α-hetero) is 1. The van der Waals surface area contributed by atoms with Crippen LogP contribution >= 0.6 is 0 Å². The van der Waals surface area contributed by atoms with Crippen molar-refractivity contribution in [2.24, 2.45) is 11.8 Å². The van der Waals surface area contributed by atoms with Crippen molar-refractivity contribution in [1.82, 2.24) is 0 Å².